The summed E-state index contributed by atoms with van der Waals surface area (Å²) in [5, 5.41) is 8.35. The number of carboxylic acid groups (broad SMARTS) is 1. The second-order valence-electron chi connectivity index (χ2n) is 3.81. The number of halogens is 2. The summed E-state index contributed by atoms with van der Waals surface area (Å²) >= 11 is 0. The quantitative estimate of drug-likeness (QED) is 0.737. The highest BCUT2D eigenvalue weighted by Gasteiger charge is 2.46. The van der Waals surface area contributed by atoms with Gasteiger partial charge in [0.1, 0.15) is 0 Å². The molecule has 0 bridgehead atoms. The molecule has 1 heterocycles. The third-order valence-electron chi connectivity index (χ3n) is 2.39. The summed E-state index contributed by atoms with van der Waals surface area (Å²) < 4.78 is 31.0. The van der Waals surface area contributed by atoms with Gasteiger partial charge in [0.25, 0.3) is 5.92 Å². The van der Waals surface area contributed by atoms with Gasteiger partial charge in [-0.2, -0.15) is 0 Å². The second kappa shape index (κ2) is 5.22. The minimum Gasteiger partial charge on any atom is -0.478 e. The SMILES string of the molecule is COC[C@H]1CC(F)(F)CN1C(=O)/C=C/C(=O)O. The molecule has 1 aliphatic rings. The fourth-order valence-corrected chi connectivity index (χ4v) is 1.74. The molecule has 1 fully saturated rings. The molecule has 0 unspecified atom stereocenters. The molecule has 1 saturated heterocycles. The van der Waals surface area contributed by atoms with Crippen LogP contribution in [-0.4, -0.2) is 54.1 Å². The van der Waals surface area contributed by atoms with Gasteiger partial charge in [0.2, 0.25) is 5.91 Å². The zero-order valence-corrected chi connectivity index (χ0v) is 9.23. The highest BCUT2D eigenvalue weighted by molar-refractivity contribution is 5.94. The van der Waals surface area contributed by atoms with E-state index in [0.29, 0.717) is 6.08 Å². The Balaban J connectivity index is 2.73. The molecule has 1 N–H and O–H groups in total. The average Bonchev–Trinajstić information content (AvgIpc) is 2.51. The summed E-state index contributed by atoms with van der Waals surface area (Å²) in [6.45, 7) is -0.702. The van der Waals surface area contributed by atoms with Gasteiger partial charge in [-0.3, -0.25) is 4.79 Å². The number of rotatable bonds is 4. The zero-order chi connectivity index (χ0) is 13.1. The van der Waals surface area contributed by atoms with E-state index in [1.165, 1.54) is 7.11 Å². The van der Waals surface area contributed by atoms with Crippen molar-refractivity contribution >= 4 is 11.9 Å². The molecular weight excluding hydrogens is 236 g/mol. The average molecular weight is 249 g/mol. The van der Waals surface area contributed by atoms with E-state index in [1.807, 2.05) is 0 Å². The van der Waals surface area contributed by atoms with Crippen LogP contribution in [0.15, 0.2) is 12.2 Å². The monoisotopic (exact) mass is 249 g/mol. The van der Waals surface area contributed by atoms with Crippen LogP contribution in [-0.2, 0) is 14.3 Å². The second-order valence-corrected chi connectivity index (χ2v) is 3.81. The fraction of sp³-hybridized carbons (Fsp3) is 0.600. The summed E-state index contributed by atoms with van der Waals surface area (Å²) in [7, 11) is 1.35. The lowest BCUT2D eigenvalue weighted by atomic mass is 10.2. The number of alkyl halides is 2. The van der Waals surface area contributed by atoms with Gasteiger partial charge >= 0.3 is 5.97 Å². The van der Waals surface area contributed by atoms with Crippen molar-refractivity contribution in [2.75, 3.05) is 20.3 Å². The van der Waals surface area contributed by atoms with Crippen LogP contribution in [0.1, 0.15) is 6.42 Å². The fourth-order valence-electron chi connectivity index (χ4n) is 1.74. The summed E-state index contributed by atoms with van der Waals surface area (Å²) in [5.41, 5.74) is 0. The van der Waals surface area contributed by atoms with Gasteiger partial charge in [-0.25, -0.2) is 13.6 Å². The molecule has 0 saturated carbocycles. The lowest BCUT2D eigenvalue weighted by Gasteiger charge is -2.21. The molecule has 0 aromatic carbocycles. The summed E-state index contributed by atoms with van der Waals surface area (Å²) in [6.07, 6.45) is 0.933. The molecular formula is C10H13F2NO4. The maximum Gasteiger partial charge on any atom is 0.328 e. The van der Waals surface area contributed by atoms with Crippen molar-refractivity contribution in [2.24, 2.45) is 0 Å². The van der Waals surface area contributed by atoms with Crippen LogP contribution >= 0.6 is 0 Å². The lowest BCUT2D eigenvalue weighted by Crippen LogP contribution is -2.37. The van der Waals surface area contributed by atoms with E-state index in [1.54, 1.807) is 0 Å². The van der Waals surface area contributed by atoms with Crippen LogP contribution in [0.3, 0.4) is 0 Å². The molecule has 0 aromatic rings. The standard InChI is InChI=1S/C10H13F2NO4/c1-17-5-7-4-10(11,12)6-13(7)8(14)2-3-9(15)16/h2-3,7H,4-6H2,1H3,(H,15,16)/b3-2+/t7-/m1/s1. The molecule has 17 heavy (non-hydrogen) atoms. The van der Waals surface area contributed by atoms with Crippen molar-refractivity contribution in [3.63, 3.8) is 0 Å². The molecule has 7 heteroatoms. The van der Waals surface area contributed by atoms with Crippen molar-refractivity contribution in [1.82, 2.24) is 4.90 Å². The van der Waals surface area contributed by atoms with Crippen LogP contribution in [0.2, 0.25) is 0 Å². The highest BCUT2D eigenvalue weighted by Crippen LogP contribution is 2.32. The normalized spacial score (nSPS) is 23.2. The van der Waals surface area contributed by atoms with Gasteiger partial charge in [-0.1, -0.05) is 0 Å². The smallest absolute Gasteiger partial charge is 0.328 e. The topological polar surface area (TPSA) is 66.8 Å². The first kappa shape index (κ1) is 13.6. The first-order valence-corrected chi connectivity index (χ1v) is 4.94. The van der Waals surface area contributed by atoms with Gasteiger partial charge < -0.3 is 14.7 Å². The molecule has 1 aliphatic heterocycles. The Morgan fingerprint density at radius 2 is 2.18 bits per heavy atom. The number of carboxylic acids is 1. The minimum atomic E-state index is -2.95. The van der Waals surface area contributed by atoms with Crippen molar-refractivity contribution in [3.05, 3.63) is 12.2 Å². The predicted molar refractivity (Wildman–Crippen MR) is 53.7 cm³/mol. The van der Waals surface area contributed by atoms with Gasteiger partial charge in [-0.05, 0) is 0 Å². The minimum absolute atomic E-state index is 0.00222. The van der Waals surface area contributed by atoms with E-state index < -0.39 is 36.8 Å². The summed E-state index contributed by atoms with van der Waals surface area (Å²) in [5.74, 6) is -4.99. The van der Waals surface area contributed by atoms with Gasteiger partial charge in [0, 0.05) is 25.7 Å². The van der Waals surface area contributed by atoms with Crippen LogP contribution in [0.25, 0.3) is 0 Å². The Morgan fingerprint density at radius 3 is 2.71 bits per heavy atom. The van der Waals surface area contributed by atoms with Crippen LogP contribution in [0.4, 0.5) is 8.78 Å². The largest absolute Gasteiger partial charge is 0.478 e. The molecule has 5 nitrogen and oxygen atoms in total. The molecule has 0 aliphatic carbocycles. The van der Waals surface area contributed by atoms with Crippen molar-refractivity contribution in [2.45, 2.75) is 18.4 Å². The van der Waals surface area contributed by atoms with Gasteiger partial charge in [0.15, 0.2) is 0 Å². The Morgan fingerprint density at radius 1 is 1.53 bits per heavy atom. The number of nitrogens with zero attached hydrogens (tertiary/aromatic N) is 1. The molecule has 1 amide bonds. The molecule has 1 atom stereocenters. The molecule has 0 spiro atoms. The maximum atomic E-state index is 13.1. The third kappa shape index (κ3) is 3.77. The third-order valence-corrected chi connectivity index (χ3v) is 2.39. The highest BCUT2D eigenvalue weighted by atomic mass is 19.3. The summed E-state index contributed by atoms with van der Waals surface area (Å²) in [6, 6.07) is -0.721. The number of ether oxygens (including phenoxy) is 1. The van der Waals surface area contributed by atoms with Crippen LogP contribution in [0, 0.1) is 0 Å². The number of methoxy groups -OCH3 is 1. The molecule has 1 rings (SSSR count). The van der Waals surface area contributed by atoms with Gasteiger partial charge in [-0.15, -0.1) is 0 Å². The van der Waals surface area contributed by atoms with E-state index in [2.05, 4.69) is 0 Å². The Kier molecular flexibility index (Phi) is 4.17. The predicted octanol–water partition coefficient (Wildman–Crippen LogP) is 0.510. The van der Waals surface area contributed by atoms with Crippen molar-refractivity contribution in [1.29, 1.82) is 0 Å². The summed E-state index contributed by atoms with van der Waals surface area (Å²) in [4.78, 5) is 22.7. The Bertz CT molecular complexity index is 343. The number of aliphatic carboxylic acids is 1. The van der Waals surface area contributed by atoms with Crippen molar-refractivity contribution in [3.8, 4) is 0 Å². The molecule has 0 radical (unpaired) electrons. The first-order valence-electron chi connectivity index (χ1n) is 4.94. The zero-order valence-electron chi connectivity index (χ0n) is 9.23. The van der Waals surface area contributed by atoms with E-state index in [-0.39, 0.29) is 6.61 Å². The molecule has 96 valence electrons. The number of carbonyl (C=O) groups excluding carboxylic acids is 1. The number of hydrogen-bond acceptors (Lipinski definition) is 3. The first-order chi connectivity index (χ1) is 7.85. The maximum absolute atomic E-state index is 13.1. The number of carbonyl (C=O) groups is 2. The van der Waals surface area contributed by atoms with Crippen molar-refractivity contribution < 1.29 is 28.2 Å². The Labute approximate surface area is 96.7 Å². The number of amides is 1. The van der Waals surface area contributed by atoms with Crippen LogP contribution in [0.5, 0.6) is 0 Å². The van der Waals surface area contributed by atoms with E-state index in [0.717, 1.165) is 11.0 Å². The van der Waals surface area contributed by atoms with E-state index >= 15 is 0 Å². The van der Waals surface area contributed by atoms with E-state index in [9.17, 15) is 18.4 Å². The molecule has 0 aromatic heterocycles. The number of hydrogen-bond donors (Lipinski definition) is 1. The van der Waals surface area contributed by atoms with Crippen LogP contribution < -0.4 is 0 Å². The van der Waals surface area contributed by atoms with Gasteiger partial charge in [0.05, 0.1) is 19.2 Å². The Hall–Kier alpha value is -1.50. The van der Waals surface area contributed by atoms with E-state index in [4.69, 9.17) is 9.84 Å². The number of likely N-dealkylation sites (tertiary alicyclic amines) is 1. The lowest BCUT2D eigenvalue weighted by molar-refractivity contribution is -0.132.